The number of hydrogen-bond donors (Lipinski definition) is 1. The van der Waals surface area contributed by atoms with Crippen LogP contribution in [-0.2, 0) is 0 Å². The van der Waals surface area contributed by atoms with Crippen molar-refractivity contribution >= 4 is 12.8 Å². The number of alkyl halides is 3. The van der Waals surface area contributed by atoms with Crippen molar-refractivity contribution in [2.45, 2.75) is 6.18 Å². The monoisotopic (exact) mass is 260 g/mol. The van der Waals surface area contributed by atoms with Crippen molar-refractivity contribution in [3.63, 3.8) is 0 Å². The van der Waals surface area contributed by atoms with Crippen molar-refractivity contribution in [2.24, 2.45) is 0 Å². The fourth-order valence-corrected chi connectivity index (χ4v) is 1.86. The van der Waals surface area contributed by atoms with E-state index in [1.807, 2.05) is 9.21 Å². The molecule has 0 saturated carbocycles. The van der Waals surface area contributed by atoms with Crippen LogP contribution < -0.4 is 0 Å². The molecule has 6 heteroatoms. The van der Waals surface area contributed by atoms with Gasteiger partial charge in [-0.2, -0.15) is 13.2 Å². The van der Waals surface area contributed by atoms with Gasteiger partial charge in [0.05, 0.1) is 11.3 Å². The van der Waals surface area contributed by atoms with E-state index < -0.39 is 11.7 Å². The van der Waals surface area contributed by atoms with Crippen LogP contribution in [0.4, 0.5) is 13.2 Å². The number of allylic oxidation sites excluding steroid dienone is 3. The van der Waals surface area contributed by atoms with Crippen LogP contribution in [0, 0.1) is 0 Å². The van der Waals surface area contributed by atoms with E-state index in [0.29, 0.717) is 31.9 Å². The summed E-state index contributed by atoms with van der Waals surface area (Å²) in [7, 11) is 0. The maximum atomic E-state index is 12.5. The van der Waals surface area contributed by atoms with Crippen LogP contribution in [0.15, 0.2) is 34.9 Å². The molecular formula is C11H11F3N2S. The predicted octanol–water partition coefficient (Wildman–Crippen LogP) is 2.15. The highest BCUT2D eigenvalue weighted by Crippen LogP contribution is 2.29. The average Bonchev–Trinajstić information content (AvgIpc) is 2.29. The van der Waals surface area contributed by atoms with E-state index in [1.165, 1.54) is 0 Å². The molecule has 0 unspecified atom stereocenters. The highest BCUT2D eigenvalue weighted by molar-refractivity contribution is 7.77. The van der Waals surface area contributed by atoms with Crippen LogP contribution in [0.25, 0.3) is 0 Å². The molecule has 2 nitrogen and oxygen atoms in total. The normalized spacial score (nSPS) is 21.5. The van der Waals surface area contributed by atoms with E-state index in [4.69, 9.17) is 0 Å². The summed E-state index contributed by atoms with van der Waals surface area (Å²) in [5.74, 6) is 0. The second kappa shape index (κ2) is 4.67. The minimum absolute atomic E-state index is 0.446. The van der Waals surface area contributed by atoms with E-state index in [9.17, 15) is 13.2 Å². The van der Waals surface area contributed by atoms with Crippen molar-refractivity contribution in [1.29, 1.82) is 0 Å². The minimum Gasteiger partial charge on any atom is -0.362 e. The molecule has 92 valence electrons. The van der Waals surface area contributed by atoms with E-state index >= 15 is 0 Å². The van der Waals surface area contributed by atoms with Crippen molar-refractivity contribution in [3.05, 3.63) is 34.9 Å². The lowest BCUT2D eigenvalue weighted by Gasteiger charge is -2.33. The molecule has 0 bridgehead atoms. The summed E-state index contributed by atoms with van der Waals surface area (Å²) in [5.41, 5.74) is 4.91. The smallest absolute Gasteiger partial charge is 0.362 e. The lowest BCUT2D eigenvalue weighted by Crippen LogP contribution is -2.41. The molecule has 1 aliphatic heterocycles. The summed E-state index contributed by atoms with van der Waals surface area (Å²) in [6, 6.07) is 0. The van der Waals surface area contributed by atoms with Crippen molar-refractivity contribution in [2.75, 3.05) is 26.2 Å². The number of rotatable bonds is 1. The molecule has 1 heterocycles. The van der Waals surface area contributed by atoms with Gasteiger partial charge in [-0.15, -0.1) is 0 Å². The van der Waals surface area contributed by atoms with Crippen LogP contribution in [-0.4, -0.2) is 41.6 Å². The lowest BCUT2D eigenvalue weighted by atomic mass is 10.1. The van der Waals surface area contributed by atoms with Gasteiger partial charge in [-0.1, -0.05) is 18.5 Å². The second-order valence-electron chi connectivity index (χ2n) is 3.84. The zero-order chi connectivity index (χ0) is 12.5. The highest BCUT2D eigenvalue weighted by atomic mass is 32.1. The molecule has 2 rings (SSSR count). The van der Waals surface area contributed by atoms with Crippen LogP contribution >= 0.6 is 12.8 Å². The van der Waals surface area contributed by atoms with Gasteiger partial charge in [0.25, 0.3) is 0 Å². The number of halogens is 3. The molecule has 1 aliphatic carbocycles. The van der Waals surface area contributed by atoms with Gasteiger partial charge < -0.3 is 4.90 Å². The zero-order valence-electron chi connectivity index (χ0n) is 8.96. The molecule has 0 spiro atoms. The second-order valence-corrected chi connectivity index (χ2v) is 4.40. The number of piperazine rings is 1. The first-order chi connectivity index (χ1) is 7.97. The Morgan fingerprint density at radius 1 is 1.18 bits per heavy atom. The van der Waals surface area contributed by atoms with E-state index in [1.54, 1.807) is 0 Å². The van der Waals surface area contributed by atoms with Crippen LogP contribution in [0.3, 0.4) is 0 Å². The average molecular weight is 260 g/mol. The summed E-state index contributed by atoms with van der Waals surface area (Å²) in [4.78, 5) is 1.86. The van der Waals surface area contributed by atoms with E-state index in [2.05, 4.69) is 24.3 Å². The third kappa shape index (κ3) is 2.99. The third-order valence-electron chi connectivity index (χ3n) is 2.64. The fraction of sp³-hybridized carbons (Fsp3) is 0.455. The summed E-state index contributed by atoms with van der Waals surface area (Å²) in [5, 5.41) is 0. The number of hydrogen-bond acceptors (Lipinski definition) is 3. The summed E-state index contributed by atoms with van der Waals surface area (Å²) < 4.78 is 39.4. The fourth-order valence-electron chi connectivity index (χ4n) is 1.68. The first-order valence-corrected chi connectivity index (χ1v) is 5.56. The Kier molecular flexibility index (Phi) is 3.40. The lowest BCUT2D eigenvalue weighted by molar-refractivity contribution is -0.0883. The minimum atomic E-state index is -4.33. The molecule has 0 radical (unpaired) electrons. The van der Waals surface area contributed by atoms with Gasteiger partial charge in [-0.05, 0) is 11.8 Å². The first kappa shape index (κ1) is 12.4. The standard InChI is InChI=1S/C11H11F3N2S/c12-11(13,14)9-2-1-3-10(8-9)15-4-6-16(17)7-5-15/h2,8,17H,4-7H2. The Labute approximate surface area is 103 Å². The van der Waals surface area contributed by atoms with Gasteiger partial charge >= 0.3 is 6.18 Å². The van der Waals surface area contributed by atoms with E-state index in [-0.39, 0.29) is 0 Å². The molecule has 0 aromatic carbocycles. The summed E-state index contributed by atoms with van der Waals surface area (Å²) in [6.45, 7) is 2.73. The van der Waals surface area contributed by atoms with Gasteiger partial charge in [0, 0.05) is 32.3 Å². The largest absolute Gasteiger partial charge is 0.417 e. The maximum absolute atomic E-state index is 12.5. The Balaban J connectivity index is 2.15. The molecule has 1 saturated heterocycles. The number of nitrogens with zero attached hydrogens (tertiary/aromatic N) is 2. The molecule has 0 amide bonds. The van der Waals surface area contributed by atoms with Crippen LogP contribution in [0.5, 0.6) is 0 Å². The van der Waals surface area contributed by atoms with E-state index in [0.717, 1.165) is 12.2 Å². The highest BCUT2D eigenvalue weighted by Gasteiger charge is 2.33. The zero-order valence-corrected chi connectivity index (χ0v) is 9.85. The van der Waals surface area contributed by atoms with Crippen molar-refractivity contribution in [1.82, 2.24) is 9.21 Å². The Bertz CT molecular complexity index is 432. The Morgan fingerprint density at radius 2 is 1.82 bits per heavy atom. The first-order valence-electron chi connectivity index (χ1n) is 5.16. The van der Waals surface area contributed by atoms with Crippen molar-refractivity contribution < 1.29 is 13.2 Å². The van der Waals surface area contributed by atoms with Gasteiger partial charge in [-0.25, -0.2) is 4.31 Å². The van der Waals surface area contributed by atoms with Gasteiger partial charge in [0.15, 0.2) is 0 Å². The molecule has 0 aromatic heterocycles. The molecule has 17 heavy (non-hydrogen) atoms. The summed E-state index contributed by atoms with van der Waals surface area (Å²) >= 11 is 4.19. The Hall–Kier alpha value is -1.06. The molecule has 2 aliphatic rings. The molecule has 0 atom stereocenters. The maximum Gasteiger partial charge on any atom is 0.417 e. The van der Waals surface area contributed by atoms with Gasteiger partial charge in [-0.3, -0.25) is 0 Å². The Morgan fingerprint density at radius 3 is 2.41 bits per heavy atom. The predicted molar refractivity (Wildman–Crippen MR) is 61.4 cm³/mol. The SMILES string of the molecule is FC(F)(F)C1=CC(N2CCN(S)CC2)=C=C=C1. The third-order valence-corrected chi connectivity index (χ3v) is 3.04. The molecule has 1 fully saturated rings. The van der Waals surface area contributed by atoms with Crippen LogP contribution in [0.1, 0.15) is 0 Å². The van der Waals surface area contributed by atoms with Gasteiger partial charge in [0.1, 0.15) is 0 Å². The molecule has 0 aromatic rings. The van der Waals surface area contributed by atoms with Gasteiger partial charge in [0.2, 0.25) is 0 Å². The molecular weight excluding hydrogens is 249 g/mol. The van der Waals surface area contributed by atoms with Crippen LogP contribution in [0.2, 0.25) is 0 Å². The molecule has 0 N–H and O–H groups in total. The quantitative estimate of drug-likeness (QED) is 0.570. The topological polar surface area (TPSA) is 6.48 Å². The summed E-state index contributed by atoms with van der Waals surface area (Å²) in [6.07, 6.45) is -2.30. The number of thiol groups is 1. The van der Waals surface area contributed by atoms with Crippen molar-refractivity contribution in [3.8, 4) is 0 Å².